The number of allylic oxidation sites excluding steroid dienone is 2. The summed E-state index contributed by atoms with van der Waals surface area (Å²) in [5.41, 5.74) is -1.49. The van der Waals surface area contributed by atoms with Crippen LogP contribution in [0, 0.1) is 17.8 Å². The number of nitrogens with zero attached hydrogens (tertiary/aromatic N) is 1. The van der Waals surface area contributed by atoms with Crippen molar-refractivity contribution in [1.82, 2.24) is 4.90 Å². The Morgan fingerprint density at radius 1 is 1.04 bits per heavy atom. The Hall–Kier alpha value is -2.31. The topological polar surface area (TPSA) is 200 Å². The summed E-state index contributed by atoms with van der Waals surface area (Å²) in [5.74, 6) is -2.03. The van der Waals surface area contributed by atoms with E-state index < -0.39 is 110 Å². The first-order chi connectivity index (χ1) is 25.8. The molecule has 0 unspecified atom stereocenters. The number of aliphatic hydroxyl groups excluding tert-OH is 3. The highest BCUT2D eigenvalue weighted by molar-refractivity contribution is 5.70. The number of hydrogen-bond acceptors (Lipinski definition) is 15. The summed E-state index contributed by atoms with van der Waals surface area (Å²) in [6.07, 6.45) is -3.92. The minimum absolute atomic E-state index is 0.0318. The van der Waals surface area contributed by atoms with E-state index in [9.17, 15) is 34.8 Å². The van der Waals surface area contributed by atoms with Crippen LogP contribution in [0.1, 0.15) is 87.0 Å². The Labute approximate surface area is 326 Å². The second-order valence-electron chi connectivity index (χ2n) is 16.4. The Kier molecular flexibility index (Phi) is 18.4. The SMILES string of the molecule is CO[C@@H]1[C@H](O[C@@H]2O[C@H](C)[C@H](O[C@@H]3C[C@](C)(O)[C@H](OC(=O)CC(C)C)[C@H](C)O3)[C@H](N(C)C)[C@@H]2O)[C@@H](CC=O)C[C@@H](C)[C@@H](O)/C=C/C=C/C[C@@H](C)OC(=O)C[C@H]1O. The zero-order valence-corrected chi connectivity index (χ0v) is 34.2. The predicted molar refractivity (Wildman–Crippen MR) is 200 cm³/mol. The van der Waals surface area contributed by atoms with Crippen LogP contribution in [-0.4, -0.2) is 150 Å². The Bertz CT molecular complexity index is 1270. The summed E-state index contributed by atoms with van der Waals surface area (Å²) < 4.78 is 42.4. The first-order valence-electron chi connectivity index (χ1n) is 19.5. The van der Waals surface area contributed by atoms with Gasteiger partial charge in [0.25, 0.3) is 0 Å². The fourth-order valence-electron chi connectivity index (χ4n) is 7.78. The molecule has 0 bridgehead atoms. The Morgan fingerprint density at radius 3 is 2.33 bits per heavy atom. The number of hydrogen-bond donors (Lipinski definition) is 4. The molecule has 3 heterocycles. The summed E-state index contributed by atoms with van der Waals surface area (Å²) in [5, 5.41) is 45.8. The average Bonchev–Trinajstić information content (AvgIpc) is 3.06. The van der Waals surface area contributed by atoms with Crippen LogP contribution in [0.15, 0.2) is 24.3 Å². The highest BCUT2D eigenvalue weighted by Gasteiger charge is 2.52. The van der Waals surface area contributed by atoms with E-state index in [1.807, 2.05) is 26.8 Å². The number of methoxy groups -OCH3 is 1. The number of likely N-dealkylation sites (N-methyl/N-ethyl adjacent to an activating group) is 1. The molecule has 0 aromatic heterocycles. The van der Waals surface area contributed by atoms with E-state index in [0.717, 1.165) is 6.29 Å². The van der Waals surface area contributed by atoms with Gasteiger partial charge in [0, 0.05) is 32.8 Å². The maximum atomic E-state index is 12.9. The van der Waals surface area contributed by atoms with Gasteiger partial charge in [0.1, 0.15) is 36.3 Å². The molecule has 15 heteroatoms. The molecule has 0 radical (unpaired) electrons. The molecule has 15 nitrogen and oxygen atoms in total. The fourth-order valence-corrected chi connectivity index (χ4v) is 7.78. The van der Waals surface area contributed by atoms with Crippen LogP contribution in [-0.2, 0) is 47.5 Å². The lowest BCUT2D eigenvalue weighted by atomic mass is 9.82. The predicted octanol–water partition coefficient (Wildman–Crippen LogP) is 2.44. The quantitative estimate of drug-likeness (QED) is 0.176. The molecule has 3 aliphatic heterocycles. The third-order valence-corrected chi connectivity index (χ3v) is 10.6. The maximum absolute atomic E-state index is 12.9. The standard InChI is InChI=1S/C40H67NO14/c1-22(2)18-30(45)53-38-26(6)51-32(21-40(38,7)48)54-35-25(5)52-39(34(47)33(35)41(8)9)55-36-27(16-17-42)19-23(3)28(43)15-13-11-12-14-24(4)50-31(46)20-29(44)37(36)49-10/h11-13,15,17,22-29,32-39,43-44,47-48H,14,16,18-21H2,1-10H3/b12-11+,15-13+/t23-,24-,25-,26+,27+,28+,29-,32-,33-,34+,35+,36-,37+,38-,39+,40+/m1/s1. The van der Waals surface area contributed by atoms with E-state index in [-0.39, 0.29) is 37.5 Å². The zero-order valence-electron chi connectivity index (χ0n) is 34.2. The Morgan fingerprint density at radius 2 is 1.73 bits per heavy atom. The molecular formula is C40H67NO14. The van der Waals surface area contributed by atoms with Gasteiger partial charge in [-0.1, -0.05) is 45.1 Å². The van der Waals surface area contributed by atoms with Crippen molar-refractivity contribution in [3.05, 3.63) is 24.3 Å². The first kappa shape index (κ1) is 47.1. The van der Waals surface area contributed by atoms with Crippen LogP contribution in [0.3, 0.4) is 0 Å². The van der Waals surface area contributed by atoms with E-state index in [1.54, 1.807) is 64.9 Å². The van der Waals surface area contributed by atoms with Crippen molar-refractivity contribution in [2.75, 3.05) is 21.2 Å². The summed E-state index contributed by atoms with van der Waals surface area (Å²) in [6.45, 7) is 12.4. The molecule has 0 aromatic rings. The molecule has 3 aliphatic rings. The van der Waals surface area contributed by atoms with Gasteiger partial charge in [0.05, 0.1) is 43.0 Å². The van der Waals surface area contributed by atoms with E-state index in [4.69, 9.17) is 33.2 Å². The van der Waals surface area contributed by atoms with Gasteiger partial charge in [-0.2, -0.15) is 0 Å². The molecule has 0 saturated carbocycles. The molecule has 2 saturated heterocycles. The molecule has 3 rings (SSSR count). The van der Waals surface area contributed by atoms with Gasteiger partial charge < -0.3 is 63.3 Å². The number of cyclic esters (lactones) is 1. The monoisotopic (exact) mass is 785 g/mol. The second-order valence-corrected chi connectivity index (χ2v) is 16.4. The van der Waals surface area contributed by atoms with Crippen molar-refractivity contribution in [3.8, 4) is 0 Å². The smallest absolute Gasteiger partial charge is 0.308 e. The Balaban J connectivity index is 1.90. The van der Waals surface area contributed by atoms with Crippen molar-refractivity contribution in [3.63, 3.8) is 0 Å². The second kappa shape index (κ2) is 21.4. The van der Waals surface area contributed by atoms with Crippen LogP contribution >= 0.6 is 0 Å². The van der Waals surface area contributed by atoms with E-state index in [0.29, 0.717) is 6.42 Å². The van der Waals surface area contributed by atoms with Crippen LogP contribution in [0.5, 0.6) is 0 Å². The number of carbonyl (C=O) groups excluding carboxylic acids is 3. The number of esters is 2. The van der Waals surface area contributed by atoms with E-state index in [1.165, 1.54) is 7.11 Å². The molecular weight excluding hydrogens is 718 g/mol. The minimum Gasteiger partial charge on any atom is -0.462 e. The number of aldehydes is 1. The molecule has 0 spiro atoms. The molecule has 16 atom stereocenters. The number of rotatable bonds is 11. The van der Waals surface area contributed by atoms with Crippen LogP contribution < -0.4 is 0 Å². The van der Waals surface area contributed by atoms with Gasteiger partial charge in [-0.25, -0.2) is 0 Å². The van der Waals surface area contributed by atoms with Gasteiger partial charge in [-0.05, 0) is 66.0 Å². The van der Waals surface area contributed by atoms with Crippen molar-refractivity contribution in [2.45, 2.75) is 172 Å². The van der Waals surface area contributed by atoms with Crippen LogP contribution in [0.25, 0.3) is 0 Å². The summed E-state index contributed by atoms with van der Waals surface area (Å²) in [6, 6.07) is -0.753. The summed E-state index contributed by atoms with van der Waals surface area (Å²) in [7, 11) is 4.86. The lowest BCUT2D eigenvalue weighted by molar-refractivity contribution is -0.344. The van der Waals surface area contributed by atoms with Gasteiger partial charge in [0.2, 0.25) is 0 Å². The maximum Gasteiger partial charge on any atom is 0.308 e. The highest BCUT2D eigenvalue weighted by atomic mass is 16.7. The molecule has 316 valence electrons. The number of ether oxygens (including phenoxy) is 7. The normalized spacial score (nSPS) is 42.4. The molecule has 4 N–H and O–H groups in total. The molecule has 0 amide bonds. The van der Waals surface area contributed by atoms with E-state index in [2.05, 4.69) is 0 Å². The third kappa shape index (κ3) is 13.4. The number of carbonyl (C=O) groups is 3. The molecule has 55 heavy (non-hydrogen) atoms. The minimum atomic E-state index is -1.49. The molecule has 2 fully saturated rings. The average molecular weight is 786 g/mol. The lowest BCUT2D eigenvalue weighted by Crippen LogP contribution is -2.66. The summed E-state index contributed by atoms with van der Waals surface area (Å²) in [4.78, 5) is 39.3. The molecule has 0 aliphatic carbocycles. The lowest BCUT2D eigenvalue weighted by Gasteiger charge is -2.50. The van der Waals surface area contributed by atoms with E-state index >= 15 is 0 Å². The highest BCUT2D eigenvalue weighted by Crippen LogP contribution is 2.37. The van der Waals surface area contributed by atoms with Crippen LogP contribution in [0.4, 0.5) is 0 Å². The van der Waals surface area contributed by atoms with Gasteiger partial charge >= 0.3 is 11.9 Å². The van der Waals surface area contributed by atoms with Crippen molar-refractivity contribution in [1.29, 1.82) is 0 Å². The summed E-state index contributed by atoms with van der Waals surface area (Å²) >= 11 is 0. The van der Waals surface area contributed by atoms with Gasteiger partial charge in [-0.3, -0.25) is 9.59 Å². The van der Waals surface area contributed by atoms with Crippen LogP contribution in [0.2, 0.25) is 0 Å². The third-order valence-electron chi connectivity index (χ3n) is 10.6. The first-order valence-corrected chi connectivity index (χ1v) is 19.5. The number of aliphatic hydroxyl groups is 4. The van der Waals surface area contributed by atoms with Gasteiger partial charge in [0.15, 0.2) is 18.7 Å². The van der Waals surface area contributed by atoms with Gasteiger partial charge in [-0.15, -0.1) is 0 Å². The zero-order chi connectivity index (χ0) is 41.2. The van der Waals surface area contributed by atoms with Crippen molar-refractivity contribution in [2.24, 2.45) is 17.8 Å². The van der Waals surface area contributed by atoms with Crippen molar-refractivity contribution >= 4 is 18.2 Å². The fraction of sp³-hybridized carbons (Fsp3) is 0.825. The van der Waals surface area contributed by atoms with Crippen molar-refractivity contribution < 1.29 is 68.0 Å². The molecule has 0 aromatic carbocycles. The largest absolute Gasteiger partial charge is 0.462 e.